The van der Waals surface area contributed by atoms with E-state index in [2.05, 4.69) is 5.32 Å². The molecule has 0 bridgehead atoms. The largest absolute Gasteiger partial charge is 0.486 e. The average molecular weight is 431 g/mol. The Hall–Kier alpha value is -4.17. The van der Waals surface area contributed by atoms with Crippen molar-refractivity contribution in [2.24, 2.45) is 0 Å². The van der Waals surface area contributed by atoms with Crippen molar-refractivity contribution in [1.82, 2.24) is 0 Å². The first-order chi connectivity index (χ1) is 14.3. The van der Waals surface area contributed by atoms with Gasteiger partial charge in [0.25, 0.3) is 17.3 Å². The molecule has 1 N–H and O–H groups in total. The van der Waals surface area contributed by atoms with E-state index in [0.29, 0.717) is 0 Å². The fraction of sp³-hybridized carbons (Fsp3) is 0.111. The standard InChI is InChI=1S/C18H11ClN4O7/c19-13-2-1-12(22(25)26)6-10(13)5-11(9-20)18(24)21-14-7-16-17(30-4-3-29-16)8-15(14)23(27)28/h1-2,5-8H,3-4H2,(H,21,24)/b11-5+. The molecule has 0 atom stereocenters. The monoisotopic (exact) mass is 430 g/mol. The van der Waals surface area contributed by atoms with Crippen LogP contribution in [-0.4, -0.2) is 29.0 Å². The number of ether oxygens (including phenoxy) is 2. The van der Waals surface area contributed by atoms with Gasteiger partial charge in [-0.25, -0.2) is 0 Å². The Bertz CT molecular complexity index is 1140. The van der Waals surface area contributed by atoms with Gasteiger partial charge in [0.05, 0.1) is 15.9 Å². The fourth-order valence-electron chi connectivity index (χ4n) is 2.58. The first-order valence-corrected chi connectivity index (χ1v) is 8.63. The maximum absolute atomic E-state index is 12.5. The molecule has 0 spiro atoms. The zero-order valence-electron chi connectivity index (χ0n) is 15.0. The van der Waals surface area contributed by atoms with Crippen molar-refractivity contribution in [3.8, 4) is 17.6 Å². The molecular formula is C18H11ClN4O7. The molecule has 12 heteroatoms. The van der Waals surface area contributed by atoms with Crippen LogP contribution in [-0.2, 0) is 4.79 Å². The number of nitrogens with zero attached hydrogens (tertiary/aromatic N) is 3. The highest BCUT2D eigenvalue weighted by atomic mass is 35.5. The highest BCUT2D eigenvalue weighted by molar-refractivity contribution is 6.32. The molecule has 0 radical (unpaired) electrons. The third kappa shape index (κ3) is 4.29. The van der Waals surface area contributed by atoms with Crippen LogP contribution in [0.3, 0.4) is 0 Å². The van der Waals surface area contributed by atoms with Gasteiger partial charge in [0.2, 0.25) is 0 Å². The van der Waals surface area contributed by atoms with E-state index >= 15 is 0 Å². The minimum atomic E-state index is -0.972. The summed E-state index contributed by atoms with van der Waals surface area (Å²) in [5, 5.41) is 34.0. The van der Waals surface area contributed by atoms with Crippen LogP contribution in [0.25, 0.3) is 6.08 Å². The van der Waals surface area contributed by atoms with Gasteiger partial charge in [-0.3, -0.25) is 25.0 Å². The summed E-state index contributed by atoms with van der Waals surface area (Å²) in [7, 11) is 0. The maximum Gasteiger partial charge on any atom is 0.296 e. The molecule has 2 aromatic carbocycles. The summed E-state index contributed by atoms with van der Waals surface area (Å²) in [5.74, 6) is -0.614. The number of carbonyl (C=O) groups is 1. The van der Waals surface area contributed by atoms with E-state index in [1.807, 2.05) is 0 Å². The first-order valence-electron chi connectivity index (χ1n) is 8.25. The van der Waals surface area contributed by atoms with Gasteiger partial charge in [0, 0.05) is 28.8 Å². The lowest BCUT2D eigenvalue weighted by molar-refractivity contribution is -0.384. The Balaban J connectivity index is 1.96. The summed E-state index contributed by atoms with van der Waals surface area (Å²) < 4.78 is 10.6. The zero-order chi connectivity index (χ0) is 21.8. The van der Waals surface area contributed by atoms with Gasteiger partial charge in [0.1, 0.15) is 30.5 Å². The normalized spacial score (nSPS) is 12.6. The van der Waals surface area contributed by atoms with Crippen molar-refractivity contribution >= 4 is 40.6 Å². The van der Waals surface area contributed by atoms with Gasteiger partial charge in [-0.2, -0.15) is 5.26 Å². The molecule has 1 heterocycles. The summed E-state index contributed by atoms with van der Waals surface area (Å²) in [6.07, 6.45) is 1.05. The van der Waals surface area contributed by atoms with Crippen molar-refractivity contribution in [3.63, 3.8) is 0 Å². The number of amides is 1. The van der Waals surface area contributed by atoms with E-state index in [4.69, 9.17) is 21.1 Å². The number of benzene rings is 2. The van der Waals surface area contributed by atoms with E-state index < -0.39 is 27.0 Å². The molecule has 152 valence electrons. The van der Waals surface area contributed by atoms with Crippen LogP contribution in [0.1, 0.15) is 5.56 Å². The van der Waals surface area contributed by atoms with Crippen molar-refractivity contribution < 1.29 is 24.1 Å². The number of nitriles is 1. The summed E-state index contributed by atoms with van der Waals surface area (Å²) in [5.41, 5.74) is -1.36. The van der Waals surface area contributed by atoms with Crippen molar-refractivity contribution in [2.45, 2.75) is 0 Å². The van der Waals surface area contributed by atoms with Gasteiger partial charge in [-0.05, 0) is 12.1 Å². The van der Waals surface area contributed by atoms with Gasteiger partial charge < -0.3 is 14.8 Å². The summed E-state index contributed by atoms with van der Waals surface area (Å²) >= 11 is 5.98. The Kier molecular flexibility index (Phi) is 5.80. The Morgan fingerprint density at radius 2 is 1.80 bits per heavy atom. The number of fused-ring (bicyclic) bond motifs is 1. The highest BCUT2D eigenvalue weighted by Crippen LogP contribution is 2.39. The third-order valence-electron chi connectivity index (χ3n) is 3.96. The van der Waals surface area contributed by atoms with Crippen LogP contribution in [0.4, 0.5) is 17.1 Å². The smallest absolute Gasteiger partial charge is 0.296 e. The third-order valence-corrected chi connectivity index (χ3v) is 4.30. The number of non-ortho nitro benzene ring substituents is 1. The van der Waals surface area contributed by atoms with E-state index in [9.17, 15) is 30.3 Å². The number of nitro groups is 2. The van der Waals surface area contributed by atoms with Crippen molar-refractivity contribution in [1.29, 1.82) is 5.26 Å². The molecule has 3 rings (SSSR count). The van der Waals surface area contributed by atoms with E-state index in [1.165, 1.54) is 18.2 Å². The number of nitrogens with one attached hydrogen (secondary N) is 1. The summed E-state index contributed by atoms with van der Waals surface area (Å²) in [6, 6.07) is 7.50. The van der Waals surface area contributed by atoms with E-state index in [0.717, 1.165) is 18.2 Å². The second-order valence-corrected chi connectivity index (χ2v) is 6.26. The SMILES string of the molecule is N#C/C(=C\c1cc([N+](=O)[O-])ccc1Cl)C(=O)Nc1cc2c(cc1[N+](=O)[O-])OCCO2. The number of hydrogen-bond donors (Lipinski definition) is 1. The maximum atomic E-state index is 12.5. The number of anilines is 1. The molecule has 0 saturated carbocycles. The topological polar surface area (TPSA) is 158 Å². The number of carbonyl (C=O) groups excluding carboxylic acids is 1. The van der Waals surface area contributed by atoms with Crippen LogP contribution < -0.4 is 14.8 Å². The predicted octanol–water partition coefficient (Wildman–Crippen LogP) is 3.47. The van der Waals surface area contributed by atoms with Crippen molar-refractivity contribution in [3.05, 3.63) is 66.7 Å². The molecule has 11 nitrogen and oxygen atoms in total. The van der Waals surface area contributed by atoms with E-state index in [-0.39, 0.29) is 46.7 Å². The summed E-state index contributed by atoms with van der Waals surface area (Å²) in [6.45, 7) is 0.452. The van der Waals surface area contributed by atoms with Crippen LogP contribution in [0.2, 0.25) is 5.02 Å². The lowest BCUT2D eigenvalue weighted by Crippen LogP contribution is -2.18. The Labute approximate surface area is 173 Å². The van der Waals surface area contributed by atoms with E-state index in [1.54, 1.807) is 6.07 Å². The number of halogens is 1. The fourth-order valence-corrected chi connectivity index (χ4v) is 2.75. The summed E-state index contributed by atoms with van der Waals surface area (Å²) in [4.78, 5) is 33.5. The van der Waals surface area contributed by atoms with Gasteiger partial charge in [0.15, 0.2) is 11.5 Å². The molecule has 0 aromatic heterocycles. The van der Waals surface area contributed by atoms with Gasteiger partial charge >= 0.3 is 0 Å². The average Bonchev–Trinajstić information content (AvgIpc) is 2.72. The minimum absolute atomic E-state index is 0.0641. The number of rotatable bonds is 5. The number of hydrogen-bond acceptors (Lipinski definition) is 8. The molecule has 30 heavy (non-hydrogen) atoms. The van der Waals surface area contributed by atoms with Crippen molar-refractivity contribution in [2.75, 3.05) is 18.5 Å². The molecule has 1 amide bonds. The Morgan fingerprint density at radius 1 is 1.13 bits per heavy atom. The molecule has 0 saturated heterocycles. The molecule has 0 aliphatic carbocycles. The lowest BCUT2D eigenvalue weighted by atomic mass is 10.1. The molecule has 0 fully saturated rings. The second-order valence-electron chi connectivity index (χ2n) is 5.86. The van der Waals surface area contributed by atoms with Gasteiger partial charge in [-0.1, -0.05) is 11.6 Å². The van der Waals surface area contributed by atoms with Crippen LogP contribution in [0.5, 0.6) is 11.5 Å². The first kappa shape index (κ1) is 20.6. The highest BCUT2D eigenvalue weighted by Gasteiger charge is 2.24. The Morgan fingerprint density at radius 3 is 2.40 bits per heavy atom. The molecule has 1 aliphatic heterocycles. The zero-order valence-corrected chi connectivity index (χ0v) is 15.7. The second kappa shape index (κ2) is 8.46. The van der Waals surface area contributed by atoms with Gasteiger partial charge in [-0.15, -0.1) is 0 Å². The molecule has 0 unspecified atom stereocenters. The van der Waals surface area contributed by atoms with Crippen LogP contribution >= 0.6 is 11.6 Å². The lowest BCUT2D eigenvalue weighted by Gasteiger charge is -2.19. The van der Waals surface area contributed by atoms with Crippen LogP contribution in [0.15, 0.2) is 35.9 Å². The minimum Gasteiger partial charge on any atom is -0.486 e. The predicted molar refractivity (Wildman–Crippen MR) is 104 cm³/mol. The molecular weight excluding hydrogens is 420 g/mol. The molecule has 2 aromatic rings. The van der Waals surface area contributed by atoms with Crippen LogP contribution in [0, 0.1) is 31.6 Å². The molecule has 1 aliphatic rings. The quantitative estimate of drug-likeness (QED) is 0.326. The number of nitro benzene ring substituents is 2.